The van der Waals surface area contributed by atoms with E-state index in [0.29, 0.717) is 30.3 Å². The maximum Gasteiger partial charge on any atom is 0.223 e. The summed E-state index contributed by atoms with van der Waals surface area (Å²) in [6, 6.07) is 1.12. The Kier molecular flexibility index (Phi) is 4.81. The number of nitrogens with zero attached hydrogens (tertiary/aromatic N) is 1. The average molecular weight is 250 g/mol. The third-order valence-electron chi connectivity index (χ3n) is 4.60. The number of hydrogen-bond acceptors (Lipinski definition) is 2. The minimum atomic E-state index is 0.333. The third kappa shape index (κ3) is 3.35. The van der Waals surface area contributed by atoms with Crippen molar-refractivity contribution in [3.63, 3.8) is 0 Å². The summed E-state index contributed by atoms with van der Waals surface area (Å²) < 4.78 is 0. The number of amides is 1. The summed E-state index contributed by atoms with van der Waals surface area (Å²) in [5.41, 5.74) is 0. The molecule has 1 saturated carbocycles. The molecule has 2 aliphatic rings. The highest BCUT2D eigenvalue weighted by atomic mass is 16.2. The second kappa shape index (κ2) is 6.37. The van der Waals surface area contributed by atoms with Crippen molar-refractivity contribution in [2.24, 2.45) is 5.92 Å². The zero-order valence-electron chi connectivity index (χ0n) is 11.7. The lowest BCUT2D eigenvalue weighted by molar-refractivity contribution is -0.133. The molecule has 0 aromatic carbocycles. The molecule has 0 spiro atoms. The van der Waals surface area contributed by atoms with E-state index < -0.39 is 0 Å². The number of hydrogen-bond donors (Lipinski definition) is 1. The zero-order valence-corrected chi connectivity index (χ0v) is 11.7. The maximum absolute atomic E-state index is 12.2. The van der Waals surface area contributed by atoms with Crippen LogP contribution in [0.25, 0.3) is 0 Å². The van der Waals surface area contributed by atoms with E-state index in [1.54, 1.807) is 0 Å². The summed E-state index contributed by atoms with van der Waals surface area (Å²) in [4.78, 5) is 14.2. The van der Waals surface area contributed by atoms with Gasteiger partial charge in [-0.05, 0) is 51.5 Å². The second-order valence-electron chi connectivity index (χ2n) is 5.77. The van der Waals surface area contributed by atoms with E-state index in [1.807, 2.05) is 19.0 Å². The van der Waals surface area contributed by atoms with Crippen molar-refractivity contribution >= 4 is 5.91 Å². The van der Waals surface area contributed by atoms with Crippen molar-refractivity contribution in [1.82, 2.24) is 10.2 Å². The van der Waals surface area contributed by atoms with Crippen LogP contribution >= 0.6 is 0 Å². The first-order valence-corrected chi connectivity index (χ1v) is 7.30. The van der Waals surface area contributed by atoms with Gasteiger partial charge >= 0.3 is 0 Å². The molecule has 1 atom stereocenters. The largest absolute Gasteiger partial charge is 0.343 e. The molecule has 0 bridgehead atoms. The predicted octanol–water partition coefficient (Wildman–Crippen LogP) is 2.33. The standard InChI is InChI=1S/C15H26N2O/c1-16-13-7-9-14(10-8-13)17(2)15(18)11-12-5-3-4-6-12/h3,5,12-14,16H,4,6-11H2,1-2H3. The smallest absolute Gasteiger partial charge is 0.223 e. The fourth-order valence-electron chi connectivity index (χ4n) is 3.19. The lowest BCUT2D eigenvalue weighted by Gasteiger charge is -2.35. The van der Waals surface area contributed by atoms with Gasteiger partial charge in [-0.25, -0.2) is 0 Å². The van der Waals surface area contributed by atoms with Gasteiger partial charge in [0.2, 0.25) is 5.91 Å². The molecule has 0 aromatic heterocycles. The lowest BCUT2D eigenvalue weighted by atomic mass is 9.90. The van der Waals surface area contributed by atoms with E-state index in [0.717, 1.165) is 25.7 Å². The first-order valence-electron chi connectivity index (χ1n) is 7.30. The highest BCUT2D eigenvalue weighted by Crippen LogP contribution is 2.25. The van der Waals surface area contributed by atoms with Gasteiger partial charge in [0.1, 0.15) is 0 Å². The normalized spacial score (nSPS) is 31.6. The van der Waals surface area contributed by atoms with Gasteiger partial charge in [0.25, 0.3) is 0 Å². The molecule has 0 aromatic rings. The Balaban J connectivity index is 1.78. The van der Waals surface area contributed by atoms with E-state index in [-0.39, 0.29) is 0 Å². The van der Waals surface area contributed by atoms with E-state index in [1.165, 1.54) is 12.8 Å². The average Bonchev–Trinajstić information content (AvgIpc) is 2.91. The van der Waals surface area contributed by atoms with E-state index in [2.05, 4.69) is 17.5 Å². The van der Waals surface area contributed by atoms with E-state index >= 15 is 0 Å². The fourth-order valence-corrected chi connectivity index (χ4v) is 3.19. The van der Waals surface area contributed by atoms with Crippen LogP contribution in [0.1, 0.15) is 44.9 Å². The van der Waals surface area contributed by atoms with Crippen molar-refractivity contribution in [2.75, 3.05) is 14.1 Å². The Labute approximate surface area is 111 Å². The Morgan fingerprint density at radius 1 is 1.28 bits per heavy atom. The topological polar surface area (TPSA) is 32.3 Å². The summed E-state index contributed by atoms with van der Waals surface area (Å²) in [6.07, 6.45) is 12.1. The maximum atomic E-state index is 12.2. The molecule has 2 rings (SSSR count). The molecule has 1 amide bonds. The molecule has 0 radical (unpaired) electrons. The predicted molar refractivity (Wildman–Crippen MR) is 74.4 cm³/mol. The summed E-state index contributed by atoms with van der Waals surface area (Å²) >= 11 is 0. The number of rotatable bonds is 4. The van der Waals surface area contributed by atoms with Crippen LogP contribution in [0.2, 0.25) is 0 Å². The van der Waals surface area contributed by atoms with Gasteiger partial charge in [-0.1, -0.05) is 12.2 Å². The molecule has 1 fully saturated rings. The zero-order chi connectivity index (χ0) is 13.0. The molecule has 1 N–H and O–H groups in total. The van der Waals surface area contributed by atoms with Crippen LogP contribution in [0.15, 0.2) is 12.2 Å². The van der Waals surface area contributed by atoms with E-state index in [9.17, 15) is 4.79 Å². The molecular weight excluding hydrogens is 224 g/mol. The highest BCUT2D eigenvalue weighted by molar-refractivity contribution is 5.76. The molecule has 102 valence electrons. The SMILES string of the molecule is CNC1CCC(N(C)C(=O)CC2C=CCC2)CC1. The summed E-state index contributed by atoms with van der Waals surface area (Å²) in [6.45, 7) is 0. The molecule has 3 heteroatoms. The molecule has 18 heavy (non-hydrogen) atoms. The van der Waals surface area contributed by atoms with Gasteiger partial charge in [-0.15, -0.1) is 0 Å². The lowest BCUT2D eigenvalue weighted by Crippen LogP contribution is -2.42. The van der Waals surface area contributed by atoms with Gasteiger partial charge in [-0.3, -0.25) is 4.79 Å². The Bertz CT molecular complexity index is 306. The monoisotopic (exact) mass is 250 g/mol. The first-order chi connectivity index (χ1) is 8.70. The molecule has 3 nitrogen and oxygen atoms in total. The highest BCUT2D eigenvalue weighted by Gasteiger charge is 2.26. The van der Waals surface area contributed by atoms with Crippen LogP contribution in [-0.2, 0) is 4.79 Å². The van der Waals surface area contributed by atoms with Crippen molar-refractivity contribution in [1.29, 1.82) is 0 Å². The molecule has 0 heterocycles. The Morgan fingerprint density at radius 3 is 2.56 bits per heavy atom. The molecule has 0 saturated heterocycles. The van der Waals surface area contributed by atoms with Crippen LogP contribution in [-0.4, -0.2) is 37.0 Å². The minimum absolute atomic E-state index is 0.333. The van der Waals surface area contributed by atoms with Crippen molar-refractivity contribution in [2.45, 2.75) is 57.0 Å². The van der Waals surface area contributed by atoms with Crippen LogP contribution < -0.4 is 5.32 Å². The molecule has 0 aliphatic heterocycles. The number of carbonyl (C=O) groups is 1. The van der Waals surface area contributed by atoms with Crippen LogP contribution in [0.5, 0.6) is 0 Å². The van der Waals surface area contributed by atoms with Crippen LogP contribution in [0.4, 0.5) is 0 Å². The number of nitrogens with one attached hydrogen (secondary N) is 1. The van der Waals surface area contributed by atoms with Gasteiger partial charge in [0.15, 0.2) is 0 Å². The van der Waals surface area contributed by atoms with Crippen molar-refractivity contribution in [3.05, 3.63) is 12.2 Å². The van der Waals surface area contributed by atoms with Crippen molar-refractivity contribution < 1.29 is 4.79 Å². The summed E-state index contributed by atoms with van der Waals surface area (Å²) in [5, 5.41) is 3.34. The van der Waals surface area contributed by atoms with Gasteiger partial charge in [-0.2, -0.15) is 0 Å². The third-order valence-corrected chi connectivity index (χ3v) is 4.60. The van der Waals surface area contributed by atoms with Crippen LogP contribution in [0.3, 0.4) is 0 Å². The minimum Gasteiger partial charge on any atom is -0.343 e. The number of allylic oxidation sites excluding steroid dienone is 2. The fraction of sp³-hybridized carbons (Fsp3) is 0.800. The summed E-state index contributed by atoms with van der Waals surface area (Å²) in [5.74, 6) is 0.827. The van der Waals surface area contributed by atoms with E-state index in [4.69, 9.17) is 0 Å². The second-order valence-corrected chi connectivity index (χ2v) is 5.77. The van der Waals surface area contributed by atoms with Gasteiger partial charge in [0, 0.05) is 25.6 Å². The summed E-state index contributed by atoms with van der Waals surface area (Å²) in [7, 11) is 4.03. The Hall–Kier alpha value is -0.830. The Morgan fingerprint density at radius 2 is 2.00 bits per heavy atom. The van der Waals surface area contributed by atoms with Crippen LogP contribution in [0, 0.1) is 5.92 Å². The van der Waals surface area contributed by atoms with Gasteiger partial charge in [0.05, 0.1) is 0 Å². The molecular formula is C15H26N2O. The van der Waals surface area contributed by atoms with Crippen molar-refractivity contribution in [3.8, 4) is 0 Å². The quantitative estimate of drug-likeness (QED) is 0.777. The number of carbonyl (C=O) groups excluding carboxylic acids is 1. The van der Waals surface area contributed by atoms with Gasteiger partial charge < -0.3 is 10.2 Å². The first kappa shape index (κ1) is 13.6. The molecule has 2 aliphatic carbocycles. The molecule has 1 unspecified atom stereocenters.